The zero-order valence-corrected chi connectivity index (χ0v) is 8.57. The third kappa shape index (κ3) is 1.86. The Bertz CT molecular complexity index is 330. The van der Waals surface area contributed by atoms with Gasteiger partial charge in [0, 0.05) is 30.8 Å². The molecule has 0 saturated heterocycles. The van der Waals surface area contributed by atoms with Gasteiger partial charge in [0.2, 0.25) is 0 Å². The fourth-order valence-corrected chi connectivity index (χ4v) is 2.10. The molecular weight excluding hydrogens is 176 g/mol. The number of hydrogen-bond acceptors (Lipinski definition) is 2. The van der Waals surface area contributed by atoms with Gasteiger partial charge in [-0.25, -0.2) is 0 Å². The van der Waals surface area contributed by atoms with Crippen molar-refractivity contribution in [2.24, 2.45) is 5.92 Å². The van der Waals surface area contributed by atoms with Gasteiger partial charge in [0.15, 0.2) is 0 Å². The van der Waals surface area contributed by atoms with Gasteiger partial charge in [0.25, 0.3) is 0 Å². The molecule has 3 heteroatoms. The van der Waals surface area contributed by atoms with Crippen LogP contribution in [0.3, 0.4) is 0 Å². The first-order chi connectivity index (χ1) is 6.77. The third-order valence-corrected chi connectivity index (χ3v) is 3.05. The van der Waals surface area contributed by atoms with E-state index in [1.54, 1.807) is 0 Å². The summed E-state index contributed by atoms with van der Waals surface area (Å²) < 4.78 is 1.98. The van der Waals surface area contributed by atoms with E-state index in [1.165, 1.54) is 5.69 Å². The first-order valence-electron chi connectivity index (χ1n) is 5.28. The fraction of sp³-hybridized carbons (Fsp3) is 0.636. The van der Waals surface area contributed by atoms with Crippen LogP contribution in [0.4, 0.5) is 0 Å². The molecule has 76 valence electrons. The van der Waals surface area contributed by atoms with Crippen molar-refractivity contribution in [1.82, 2.24) is 9.78 Å². The number of hydrogen-bond donors (Lipinski definition) is 0. The number of nitrogens with zero attached hydrogens (tertiary/aromatic N) is 2. The van der Waals surface area contributed by atoms with Crippen LogP contribution in [0, 0.1) is 12.8 Å². The van der Waals surface area contributed by atoms with Gasteiger partial charge in [-0.15, -0.1) is 0 Å². The van der Waals surface area contributed by atoms with E-state index in [4.69, 9.17) is 0 Å². The average molecular weight is 192 g/mol. The molecule has 2 rings (SSSR count). The number of rotatable bonds is 3. The minimum atomic E-state index is 0.304. The minimum absolute atomic E-state index is 0.304. The molecule has 14 heavy (non-hydrogen) atoms. The third-order valence-electron chi connectivity index (χ3n) is 3.05. The van der Waals surface area contributed by atoms with E-state index in [9.17, 15) is 4.79 Å². The van der Waals surface area contributed by atoms with Crippen LogP contribution in [-0.4, -0.2) is 15.6 Å². The van der Waals surface area contributed by atoms with Crippen molar-refractivity contribution in [3.05, 3.63) is 18.0 Å². The summed E-state index contributed by atoms with van der Waals surface area (Å²) in [5.41, 5.74) is 1.18. The van der Waals surface area contributed by atoms with E-state index in [1.807, 2.05) is 23.9 Å². The SMILES string of the molecule is Cc1ccnn1CCC1CCCC1=O. The Morgan fingerprint density at radius 3 is 3.07 bits per heavy atom. The van der Waals surface area contributed by atoms with Gasteiger partial charge in [-0.3, -0.25) is 9.48 Å². The van der Waals surface area contributed by atoms with Crippen molar-refractivity contribution in [2.45, 2.75) is 39.2 Å². The molecule has 0 amide bonds. The van der Waals surface area contributed by atoms with E-state index in [2.05, 4.69) is 5.10 Å². The molecule has 1 aliphatic rings. The lowest BCUT2D eigenvalue weighted by Gasteiger charge is -2.08. The predicted octanol–water partition coefficient (Wildman–Crippen LogP) is 1.95. The van der Waals surface area contributed by atoms with E-state index < -0.39 is 0 Å². The van der Waals surface area contributed by atoms with E-state index in [0.717, 1.165) is 32.2 Å². The molecule has 1 heterocycles. The maximum Gasteiger partial charge on any atom is 0.136 e. The molecule has 0 aliphatic heterocycles. The maximum atomic E-state index is 11.4. The molecule has 0 radical (unpaired) electrons. The number of ketones is 1. The normalized spacial score (nSPS) is 21.8. The largest absolute Gasteiger partial charge is 0.299 e. The second-order valence-electron chi connectivity index (χ2n) is 4.04. The van der Waals surface area contributed by atoms with E-state index in [-0.39, 0.29) is 0 Å². The second-order valence-corrected chi connectivity index (χ2v) is 4.04. The summed E-state index contributed by atoms with van der Waals surface area (Å²) in [6.45, 7) is 2.93. The summed E-state index contributed by atoms with van der Waals surface area (Å²) in [5.74, 6) is 0.758. The number of Topliss-reactive ketones (excluding diaryl/α,β-unsaturated/α-hetero) is 1. The van der Waals surface area contributed by atoms with Crippen LogP contribution in [-0.2, 0) is 11.3 Å². The minimum Gasteiger partial charge on any atom is -0.299 e. The van der Waals surface area contributed by atoms with Gasteiger partial charge in [-0.2, -0.15) is 5.10 Å². The highest BCUT2D eigenvalue weighted by molar-refractivity contribution is 5.82. The van der Waals surface area contributed by atoms with Crippen LogP contribution in [0.5, 0.6) is 0 Å². The lowest BCUT2D eigenvalue weighted by atomic mass is 10.0. The molecule has 1 atom stereocenters. The van der Waals surface area contributed by atoms with Crippen molar-refractivity contribution >= 4 is 5.78 Å². The number of carbonyl (C=O) groups is 1. The Morgan fingerprint density at radius 1 is 1.64 bits per heavy atom. The van der Waals surface area contributed by atoms with Crippen LogP contribution in [0.2, 0.25) is 0 Å². The van der Waals surface area contributed by atoms with Crippen molar-refractivity contribution in [3.63, 3.8) is 0 Å². The standard InChI is InChI=1S/C11H16N2O/c1-9-5-7-12-13(9)8-6-10-3-2-4-11(10)14/h5,7,10H,2-4,6,8H2,1H3. The van der Waals surface area contributed by atoms with Crippen LogP contribution in [0.15, 0.2) is 12.3 Å². The van der Waals surface area contributed by atoms with Gasteiger partial charge in [0.1, 0.15) is 5.78 Å². The van der Waals surface area contributed by atoms with Crippen LogP contribution in [0.1, 0.15) is 31.4 Å². The Balaban J connectivity index is 1.88. The van der Waals surface area contributed by atoms with Crippen LogP contribution >= 0.6 is 0 Å². The number of aromatic nitrogens is 2. The first-order valence-corrected chi connectivity index (χ1v) is 5.28. The molecule has 3 nitrogen and oxygen atoms in total. The monoisotopic (exact) mass is 192 g/mol. The molecule has 0 spiro atoms. The smallest absolute Gasteiger partial charge is 0.136 e. The van der Waals surface area contributed by atoms with Crippen LogP contribution in [0.25, 0.3) is 0 Å². The molecule has 1 aromatic heterocycles. The van der Waals surface area contributed by atoms with Gasteiger partial charge in [-0.1, -0.05) is 0 Å². The summed E-state index contributed by atoms with van der Waals surface area (Å²) in [5, 5.41) is 4.21. The van der Waals surface area contributed by atoms with Gasteiger partial charge in [0.05, 0.1) is 0 Å². The summed E-state index contributed by atoms with van der Waals surface area (Å²) in [7, 11) is 0. The summed E-state index contributed by atoms with van der Waals surface area (Å²) in [6.07, 6.45) is 5.73. The summed E-state index contributed by atoms with van der Waals surface area (Å²) in [4.78, 5) is 11.4. The molecule has 0 bridgehead atoms. The highest BCUT2D eigenvalue weighted by Gasteiger charge is 2.23. The highest BCUT2D eigenvalue weighted by atomic mass is 16.1. The zero-order valence-electron chi connectivity index (χ0n) is 8.57. The van der Waals surface area contributed by atoms with Crippen molar-refractivity contribution < 1.29 is 4.79 Å². The Kier molecular flexibility index (Phi) is 2.66. The average Bonchev–Trinajstić information content (AvgIpc) is 2.72. The summed E-state index contributed by atoms with van der Waals surface area (Å²) >= 11 is 0. The fourth-order valence-electron chi connectivity index (χ4n) is 2.10. The molecule has 1 saturated carbocycles. The number of aryl methyl sites for hydroxylation is 2. The Labute approximate surface area is 84.1 Å². The Hall–Kier alpha value is -1.12. The molecule has 1 aromatic rings. The molecule has 0 N–H and O–H groups in total. The van der Waals surface area contributed by atoms with Gasteiger partial charge >= 0.3 is 0 Å². The summed E-state index contributed by atoms with van der Waals surface area (Å²) in [6, 6.07) is 2.00. The van der Waals surface area contributed by atoms with Crippen molar-refractivity contribution in [1.29, 1.82) is 0 Å². The quantitative estimate of drug-likeness (QED) is 0.733. The van der Waals surface area contributed by atoms with E-state index in [0.29, 0.717) is 11.7 Å². The first kappa shape index (κ1) is 9.44. The molecule has 1 fully saturated rings. The van der Waals surface area contributed by atoms with E-state index >= 15 is 0 Å². The lowest BCUT2D eigenvalue weighted by Crippen LogP contribution is -2.11. The molecular formula is C11H16N2O. The molecule has 0 aromatic carbocycles. The second kappa shape index (κ2) is 3.95. The lowest BCUT2D eigenvalue weighted by molar-refractivity contribution is -0.120. The topological polar surface area (TPSA) is 34.9 Å². The maximum absolute atomic E-state index is 11.4. The predicted molar refractivity (Wildman–Crippen MR) is 53.9 cm³/mol. The van der Waals surface area contributed by atoms with Crippen molar-refractivity contribution in [2.75, 3.05) is 0 Å². The Morgan fingerprint density at radius 2 is 2.50 bits per heavy atom. The van der Waals surface area contributed by atoms with Crippen molar-refractivity contribution in [3.8, 4) is 0 Å². The van der Waals surface area contributed by atoms with Crippen LogP contribution < -0.4 is 0 Å². The molecule has 1 aliphatic carbocycles. The number of carbonyl (C=O) groups excluding carboxylic acids is 1. The zero-order chi connectivity index (χ0) is 9.97. The highest BCUT2D eigenvalue weighted by Crippen LogP contribution is 2.24. The molecule has 1 unspecified atom stereocenters. The van der Waals surface area contributed by atoms with Gasteiger partial charge in [-0.05, 0) is 32.3 Å². The van der Waals surface area contributed by atoms with Gasteiger partial charge < -0.3 is 0 Å².